The Balaban J connectivity index is 2.22. The van der Waals surface area contributed by atoms with Crippen LogP contribution < -0.4 is 0 Å². The second-order valence-electron chi connectivity index (χ2n) is 3.46. The molecular formula is C12H8N4O2. The molecule has 88 valence electrons. The number of benzene rings is 1. The minimum Gasteiger partial charge on any atom is -0.358 e. The van der Waals surface area contributed by atoms with Gasteiger partial charge in [0.15, 0.2) is 12.0 Å². The molecule has 2 aromatic rings. The standard InChI is InChI=1S/C12H8N4O2/c13-7-10-3-1-9(2-4-10)5-6-11-12(16(17)18)15-8-14-11/h1-6,8H,(H,14,15). The zero-order valence-corrected chi connectivity index (χ0v) is 9.20. The van der Waals surface area contributed by atoms with E-state index in [-0.39, 0.29) is 11.5 Å². The predicted octanol–water partition coefficient (Wildman–Crippen LogP) is 2.36. The smallest absolute Gasteiger partial charge is 0.347 e. The Morgan fingerprint density at radius 3 is 2.67 bits per heavy atom. The molecule has 0 radical (unpaired) electrons. The van der Waals surface area contributed by atoms with Crippen molar-refractivity contribution in [1.82, 2.24) is 9.97 Å². The lowest BCUT2D eigenvalue weighted by molar-refractivity contribution is -0.389. The van der Waals surface area contributed by atoms with Crippen LogP contribution >= 0.6 is 0 Å². The molecule has 0 saturated heterocycles. The van der Waals surface area contributed by atoms with Gasteiger partial charge < -0.3 is 10.1 Å². The van der Waals surface area contributed by atoms with Gasteiger partial charge in [-0.15, -0.1) is 0 Å². The molecule has 1 heterocycles. The van der Waals surface area contributed by atoms with E-state index < -0.39 is 4.92 Å². The Morgan fingerprint density at radius 1 is 1.33 bits per heavy atom. The molecule has 6 nitrogen and oxygen atoms in total. The quantitative estimate of drug-likeness (QED) is 0.657. The number of imidazole rings is 1. The SMILES string of the molecule is N#Cc1ccc(C=Cc2nc[nH]c2[N+](=O)[O-])cc1. The largest absolute Gasteiger partial charge is 0.358 e. The van der Waals surface area contributed by atoms with Crippen LogP contribution in [0.5, 0.6) is 0 Å². The van der Waals surface area contributed by atoms with E-state index in [1.54, 1.807) is 36.4 Å². The summed E-state index contributed by atoms with van der Waals surface area (Å²) < 4.78 is 0. The number of nitrogens with one attached hydrogen (secondary N) is 1. The Kier molecular flexibility index (Phi) is 3.16. The van der Waals surface area contributed by atoms with Gasteiger partial charge in [-0.1, -0.05) is 18.2 Å². The highest BCUT2D eigenvalue weighted by Crippen LogP contribution is 2.15. The molecule has 0 unspecified atom stereocenters. The second kappa shape index (κ2) is 4.93. The van der Waals surface area contributed by atoms with Gasteiger partial charge in [0.05, 0.1) is 11.6 Å². The molecule has 0 spiro atoms. The Hall–Kier alpha value is -2.94. The minimum absolute atomic E-state index is 0.139. The topological polar surface area (TPSA) is 95.6 Å². The molecule has 0 amide bonds. The lowest BCUT2D eigenvalue weighted by Crippen LogP contribution is -1.89. The molecule has 0 aliphatic carbocycles. The summed E-state index contributed by atoms with van der Waals surface area (Å²) in [4.78, 5) is 16.4. The summed E-state index contributed by atoms with van der Waals surface area (Å²) in [7, 11) is 0. The number of H-pyrrole nitrogens is 1. The van der Waals surface area contributed by atoms with E-state index in [4.69, 9.17) is 5.26 Å². The zero-order chi connectivity index (χ0) is 13.0. The van der Waals surface area contributed by atoms with Crippen LogP contribution in [0.25, 0.3) is 12.2 Å². The molecule has 0 aliphatic heterocycles. The average molecular weight is 240 g/mol. The lowest BCUT2D eigenvalue weighted by Gasteiger charge is -1.93. The highest BCUT2D eigenvalue weighted by molar-refractivity contribution is 5.71. The van der Waals surface area contributed by atoms with Gasteiger partial charge in [-0.25, -0.2) is 9.97 Å². The highest BCUT2D eigenvalue weighted by Gasteiger charge is 2.11. The summed E-state index contributed by atoms with van der Waals surface area (Å²) in [6, 6.07) is 8.89. The Labute approximate surface area is 102 Å². The van der Waals surface area contributed by atoms with Gasteiger partial charge in [0.25, 0.3) is 0 Å². The zero-order valence-electron chi connectivity index (χ0n) is 9.20. The first-order valence-electron chi connectivity index (χ1n) is 5.06. The van der Waals surface area contributed by atoms with Crippen LogP contribution in [0.2, 0.25) is 0 Å². The Bertz CT molecular complexity index is 635. The van der Waals surface area contributed by atoms with Crippen molar-refractivity contribution < 1.29 is 4.92 Å². The highest BCUT2D eigenvalue weighted by atomic mass is 16.6. The number of hydrogen-bond donors (Lipinski definition) is 1. The van der Waals surface area contributed by atoms with Crippen molar-refractivity contribution in [1.29, 1.82) is 5.26 Å². The van der Waals surface area contributed by atoms with Gasteiger partial charge in [-0.3, -0.25) is 0 Å². The fourth-order valence-corrected chi connectivity index (χ4v) is 1.41. The summed E-state index contributed by atoms with van der Waals surface area (Å²) in [6.07, 6.45) is 4.52. The maximum atomic E-state index is 10.6. The van der Waals surface area contributed by atoms with Crippen molar-refractivity contribution >= 4 is 18.0 Å². The van der Waals surface area contributed by atoms with Crippen LogP contribution in [0.1, 0.15) is 16.8 Å². The van der Waals surface area contributed by atoms with E-state index in [0.717, 1.165) is 5.56 Å². The molecule has 2 rings (SSSR count). The summed E-state index contributed by atoms with van der Waals surface area (Å²) >= 11 is 0. The maximum absolute atomic E-state index is 10.6. The minimum atomic E-state index is -0.522. The molecule has 0 saturated carbocycles. The van der Waals surface area contributed by atoms with E-state index in [9.17, 15) is 10.1 Å². The van der Waals surface area contributed by atoms with Crippen LogP contribution in [-0.2, 0) is 0 Å². The van der Waals surface area contributed by atoms with Crippen molar-refractivity contribution in [3.63, 3.8) is 0 Å². The van der Waals surface area contributed by atoms with E-state index >= 15 is 0 Å². The van der Waals surface area contributed by atoms with Gasteiger partial charge in [-0.2, -0.15) is 5.26 Å². The van der Waals surface area contributed by atoms with Gasteiger partial charge in [0.2, 0.25) is 0 Å². The fourth-order valence-electron chi connectivity index (χ4n) is 1.41. The normalized spacial score (nSPS) is 10.4. The number of rotatable bonds is 3. The van der Waals surface area contributed by atoms with Crippen LogP contribution in [0.4, 0.5) is 5.82 Å². The molecule has 0 atom stereocenters. The fraction of sp³-hybridized carbons (Fsp3) is 0. The maximum Gasteiger partial charge on any atom is 0.347 e. The predicted molar refractivity (Wildman–Crippen MR) is 65.3 cm³/mol. The molecule has 1 N–H and O–H groups in total. The van der Waals surface area contributed by atoms with E-state index in [1.165, 1.54) is 6.33 Å². The van der Waals surface area contributed by atoms with Crippen molar-refractivity contribution in [3.8, 4) is 6.07 Å². The number of nitro groups is 1. The molecule has 6 heteroatoms. The number of hydrogen-bond acceptors (Lipinski definition) is 4. The molecule has 18 heavy (non-hydrogen) atoms. The average Bonchev–Trinajstić information content (AvgIpc) is 2.85. The van der Waals surface area contributed by atoms with Crippen LogP contribution in [0, 0.1) is 21.4 Å². The summed E-state index contributed by atoms with van der Waals surface area (Å²) in [5.74, 6) is -0.139. The molecule has 1 aromatic carbocycles. The first-order chi connectivity index (χ1) is 8.70. The first-order valence-corrected chi connectivity index (χ1v) is 5.06. The number of nitrogens with zero attached hydrogens (tertiary/aromatic N) is 3. The monoisotopic (exact) mass is 240 g/mol. The van der Waals surface area contributed by atoms with Crippen LogP contribution in [0.15, 0.2) is 30.6 Å². The summed E-state index contributed by atoms with van der Waals surface area (Å²) in [6.45, 7) is 0. The van der Waals surface area contributed by atoms with E-state index in [2.05, 4.69) is 9.97 Å². The van der Waals surface area contributed by atoms with Crippen LogP contribution in [-0.4, -0.2) is 14.9 Å². The molecule has 0 bridgehead atoms. The number of aromatic amines is 1. The van der Waals surface area contributed by atoms with Crippen molar-refractivity contribution in [2.24, 2.45) is 0 Å². The van der Waals surface area contributed by atoms with Gasteiger partial charge in [0.1, 0.15) is 0 Å². The summed E-state index contributed by atoms with van der Waals surface area (Å²) in [5, 5.41) is 19.3. The van der Waals surface area contributed by atoms with Crippen molar-refractivity contribution in [2.45, 2.75) is 0 Å². The lowest BCUT2D eigenvalue weighted by atomic mass is 10.1. The third kappa shape index (κ3) is 2.41. The van der Waals surface area contributed by atoms with Gasteiger partial charge in [0, 0.05) is 0 Å². The van der Waals surface area contributed by atoms with Crippen molar-refractivity contribution in [2.75, 3.05) is 0 Å². The summed E-state index contributed by atoms with van der Waals surface area (Å²) in [5.41, 5.74) is 1.67. The third-order valence-corrected chi connectivity index (χ3v) is 2.30. The van der Waals surface area contributed by atoms with Gasteiger partial charge in [-0.05, 0) is 28.7 Å². The molecule has 1 aromatic heterocycles. The van der Waals surface area contributed by atoms with Crippen LogP contribution in [0.3, 0.4) is 0 Å². The third-order valence-electron chi connectivity index (χ3n) is 2.30. The van der Waals surface area contributed by atoms with E-state index in [0.29, 0.717) is 5.56 Å². The van der Waals surface area contributed by atoms with Gasteiger partial charge >= 0.3 is 5.82 Å². The van der Waals surface area contributed by atoms with E-state index in [1.807, 2.05) is 6.07 Å². The molecule has 0 aliphatic rings. The molecule has 0 fully saturated rings. The Morgan fingerprint density at radius 2 is 2.06 bits per heavy atom. The first kappa shape index (κ1) is 11.5. The number of nitriles is 1. The van der Waals surface area contributed by atoms with Crippen molar-refractivity contribution in [3.05, 3.63) is 57.5 Å². The number of aromatic nitrogens is 2. The molecular weight excluding hydrogens is 232 g/mol. The second-order valence-corrected chi connectivity index (χ2v) is 3.46.